The van der Waals surface area contributed by atoms with E-state index in [2.05, 4.69) is 29.4 Å². The zero-order valence-electron chi connectivity index (χ0n) is 19.9. The number of hydrogen-bond acceptors (Lipinski definition) is 5. The third-order valence-electron chi connectivity index (χ3n) is 6.17. The van der Waals surface area contributed by atoms with E-state index in [-0.39, 0.29) is 18.2 Å². The molecule has 4 rings (SSSR count). The summed E-state index contributed by atoms with van der Waals surface area (Å²) in [6, 6.07) is 13.1. The molecule has 0 amide bonds. The zero-order chi connectivity index (χ0) is 24.3. The van der Waals surface area contributed by atoms with Gasteiger partial charge in [-0.25, -0.2) is 17.8 Å². The molecule has 3 aromatic rings. The molecule has 1 aliphatic rings. The number of nitrogens with one attached hydrogen (secondary N) is 1. The van der Waals surface area contributed by atoms with Gasteiger partial charge < -0.3 is 10.1 Å². The lowest BCUT2D eigenvalue weighted by molar-refractivity contribution is 0.299. The second kappa shape index (κ2) is 10.1. The number of aryl methyl sites for hydroxylation is 1. The molecule has 0 saturated carbocycles. The van der Waals surface area contributed by atoms with Gasteiger partial charge in [0.15, 0.2) is 0 Å². The first kappa shape index (κ1) is 24.2. The molecule has 0 bridgehead atoms. The summed E-state index contributed by atoms with van der Waals surface area (Å²) in [6.07, 6.45) is 5.68. The van der Waals surface area contributed by atoms with Crippen molar-refractivity contribution in [2.75, 3.05) is 23.9 Å². The highest BCUT2D eigenvalue weighted by atomic mass is 32.2. The minimum absolute atomic E-state index is 0.141. The molecule has 34 heavy (non-hydrogen) atoms. The van der Waals surface area contributed by atoms with Crippen LogP contribution in [0.5, 0.6) is 5.75 Å². The van der Waals surface area contributed by atoms with Gasteiger partial charge in [0.25, 0.3) is 0 Å². The van der Waals surface area contributed by atoms with Crippen molar-refractivity contribution in [3.8, 4) is 16.9 Å². The van der Waals surface area contributed by atoms with Gasteiger partial charge in [0, 0.05) is 30.1 Å². The summed E-state index contributed by atoms with van der Waals surface area (Å²) in [6.45, 7) is 4.91. The summed E-state index contributed by atoms with van der Waals surface area (Å²) < 4.78 is 43.0. The number of halogens is 1. The van der Waals surface area contributed by atoms with Gasteiger partial charge in [0.05, 0.1) is 5.75 Å². The summed E-state index contributed by atoms with van der Waals surface area (Å²) in [5.74, 6) is 1.95. The SMILES string of the molecule is Cc1cc(NCCCS(C)(=O)=O)ncc1-c1ccc(F)c(COc2ccc3c(c2)CC(C)C3)c1. The molecule has 1 N–H and O–H groups in total. The molecule has 1 unspecified atom stereocenters. The van der Waals surface area contributed by atoms with Crippen LogP contribution < -0.4 is 10.1 Å². The van der Waals surface area contributed by atoms with Crippen molar-refractivity contribution in [2.45, 2.75) is 39.7 Å². The van der Waals surface area contributed by atoms with Crippen molar-refractivity contribution in [3.05, 3.63) is 76.7 Å². The van der Waals surface area contributed by atoms with Crippen LogP contribution in [0.25, 0.3) is 11.1 Å². The number of hydrogen-bond donors (Lipinski definition) is 1. The topological polar surface area (TPSA) is 68.3 Å². The number of fused-ring (bicyclic) bond motifs is 1. The predicted molar refractivity (Wildman–Crippen MR) is 135 cm³/mol. The number of rotatable bonds is 9. The largest absolute Gasteiger partial charge is 0.489 e. The maximum Gasteiger partial charge on any atom is 0.147 e. The molecule has 0 fully saturated rings. The van der Waals surface area contributed by atoms with Gasteiger partial charge in [-0.1, -0.05) is 19.1 Å². The van der Waals surface area contributed by atoms with E-state index < -0.39 is 9.84 Å². The van der Waals surface area contributed by atoms with Gasteiger partial charge in [-0.15, -0.1) is 0 Å². The summed E-state index contributed by atoms with van der Waals surface area (Å²) in [5, 5.41) is 3.16. The number of sulfone groups is 1. The fourth-order valence-corrected chi connectivity index (χ4v) is 5.09. The van der Waals surface area contributed by atoms with Crippen LogP contribution in [0.4, 0.5) is 10.2 Å². The summed E-state index contributed by atoms with van der Waals surface area (Å²) >= 11 is 0. The summed E-state index contributed by atoms with van der Waals surface area (Å²) in [7, 11) is -2.97. The van der Waals surface area contributed by atoms with Gasteiger partial charge in [-0.3, -0.25) is 0 Å². The maximum absolute atomic E-state index is 14.5. The van der Waals surface area contributed by atoms with Crippen LogP contribution in [-0.4, -0.2) is 32.0 Å². The van der Waals surface area contributed by atoms with Crippen molar-refractivity contribution >= 4 is 15.7 Å². The molecule has 5 nitrogen and oxygen atoms in total. The van der Waals surface area contributed by atoms with Crippen LogP contribution >= 0.6 is 0 Å². The van der Waals surface area contributed by atoms with Crippen LogP contribution in [0.15, 0.2) is 48.7 Å². The molecule has 180 valence electrons. The molecule has 0 spiro atoms. The molecule has 1 heterocycles. The molecule has 2 aromatic carbocycles. The third kappa shape index (κ3) is 6.14. The maximum atomic E-state index is 14.5. The van der Waals surface area contributed by atoms with Gasteiger partial charge in [0.1, 0.15) is 33.8 Å². The minimum Gasteiger partial charge on any atom is -0.489 e. The van der Waals surface area contributed by atoms with Crippen molar-refractivity contribution in [2.24, 2.45) is 5.92 Å². The number of aromatic nitrogens is 1. The monoisotopic (exact) mass is 482 g/mol. The van der Waals surface area contributed by atoms with Gasteiger partial charge in [0.2, 0.25) is 0 Å². The van der Waals surface area contributed by atoms with Gasteiger partial charge in [-0.05, 0) is 84.7 Å². The summed E-state index contributed by atoms with van der Waals surface area (Å²) in [5.41, 5.74) is 5.97. The molecule has 1 atom stereocenters. The van der Waals surface area contributed by atoms with E-state index in [0.717, 1.165) is 35.3 Å². The Morgan fingerprint density at radius 3 is 2.68 bits per heavy atom. The lowest BCUT2D eigenvalue weighted by Gasteiger charge is -2.13. The van der Waals surface area contributed by atoms with E-state index in [0.29, 0.717) is 30.3 Å². The number of benzene rings is 2. The van der Waals surface area contributed by atoms with Crippen molar-refractivity contribution in [1.29, 1.82) is 0 Å². The van der Waals surface area contributed by atoms with Crippen molar-refractivity contribution in [3.63, 3.8) is 0 Å². The molecule has 0 saturated heterocycles. The van der Waals surface area contributed by atoms with Crippen LogP contribution in [0.1, 0.15) is 35.6 Å². The average Bonchev–Trinajstić information content (AvgIpc) is 3.15. The normalized spacial score (nSPS) is 15.2. The predicted octanol–water partition coefficient (Wildman–Crippen LogP) is 5.36. The van der Waals surface area contributed by atoms with Crippen molar-refractivity contribution in [1.82, 2.24) is 4.98 Å². The first-order valence-electron chi connectivity index (χ1n) is 11.6. The number of nitrogens with zero attached hydrogens (tertiary/aromatic N) is 1. The Morgan fingerprint density at radius 2 is 1.91 bits per heavy atom. The Bertz CT molecular complexity index is 1290. The highest BCUT2D eigenvalue weighted by Crippen LogP contribution is 2.31. The van der Waals surface area contributed by atoms with E-state index in [1.807, 2.05) is 25.1 Å². The second-order valence-corrected chi connectivity index (χ2v) is 11.6. The summed E-state index contributed by atoms with van der Waals surface area (Å²) in [4.78, 5) is 4.45. The first-order valence-corrected chi connectivity index (χ1v) is 13.7. The highest BCUT2D eigenvalue weighted by molar-refractivity contribution is 7.90. The second-order valence-electron chi connectivity index (χ2n) is 9.33. The van der Waals surface area contributed by atoms with Gasteiger partial charge in [-0.2, -0.15) is 0 Å². The number of pyridine rings is 1. The molecule has 1 aromatic heterocycles. The van der Waals surface area contributed by atoms with E-state index in [9.17, 15) is 12.8 Å². The molecular weight excluding hydrogens is 451 g/mol. The van der Waals surface area contributed by atoms with Crippen LogP contribution in [0, 0.1) is 18.7 Å². The Hall–Kier alpha value is -2.93. The quantitative estimate of drug-likeness (QED) is 0.416. The number of ether oxygens (including phenoxy) is 1. The fourth-order valence-electron chi connectivity index (χ4n) is 4.42. The molecular formula is C27H31FN2O3S. The Labute approximate surface area is 201 Å². The highest BCUT2D eigenvalue weighted by Gasteiger charge is 2.18. The lowest BCUT2D eigenvalue weighted by atomic mass is 10.0. The van der Waals surface area contributed by atoms with Crippen LogP contribution in [0.2, 0.25) is 0 Å². The average molecular weight is 483 g/mol. The van der Waals surface area contributed by atoms with Crippen LogP contribution in [0.3, 0.4) is 0 Å². The Balaban J connectivity index is 1.43. The van der Waals surface area contributed by atoms with Crippen molar-refractivity contribution < 1.29 is 17.5 Å². The third-order valence-corrected chi connectivity index (χ3v) is 7.20. The first-order chi connectivity index (χ1) is 16.2. The lowest BCUT2D eigenvalue weighted by Crippen LogP contribution is -2.10. The molecule has 0 radical (unpaired) electrons. The van der Waals surface area contributed by atoms with E-state index in [1.165, 1.54) is 23.4 Å². The number of anilines is 1. The molecule has 0 aliphatic heterocycles. The van der Waals surface area contributed by atoms with E-state index >= 15 is 0 Å². The minimum atomic E-state index is -2.97. The Kier molecular flexibility index (Phi) is 7.22. The van der Waals surface area contributed by atoms with Gasteiger partial charge >= 0.3 is 0 Å². The fraction of sp³-hybridized carbons (Fsp3) is 0.370. The zero-order valence-corrected chi connectivity index (χ0v) is 20.7. The smallest absolute Gasteiger partial charge is 0.147 e. The Morgan fingerprint density at radius 1 is 1.12 bits per heavy atom. The van der Waals surface area contributed by atoms with Crippen LogP contribution in [-0.2, 0) is 29.3 Å². The van der Waals surface area contributed by atoms with E-state index in [1.54, 1.807) is 12.3 Å². The molecule has 1 aliphatic carbocycles. The van der Waals surface area contributed by atoms with E-state index in [4.69, 9.17) is 4.74 Å². The standard InChI is InChI=1S/C27H31FN2O3S/c1-18-11-20-5-7-24(15-22(20)12-18)33-17-23-14-21(6-8-26(23)28)25-16-30-27(13-19(25)2)29-9-4-10-34(3,31)32/h5-8,13-16,18H,4,9-12,17H2,1-3H3,(H,29,30). The molecule has 7 heteroatoms.